The number of benzene rings is 2. The van der Waals surface area contributed by atoms with E-state index in [9.17, 15) is 4.79 Å². The van der Waals surface area contributed by atoms with Gasteiger partial charge in [0.25, 0.3) is 0 Å². The van der Waals surface area contributed by atoms with Crippen LogP contribution in [-0.4, -0.2) is 26.4 Å². The normalized spacial score (nSPS) is 12.0. The molecule has 0 aliphatic rings. The minimum absolute atomic E-state index is 0.0764. The number of nitrogens with one attached hydrogen (secondary N) is 1. The summed E-state index contributed by atoms with van der Waals surface area (Å²) < 4.78 is 1.80. The number of halogens is 2. The molecule has 0 saturated heterocycles. The standard InChI is InChI=1S/C19H18Cl2N4OS/c1-2-17(13-5-3-6-14(20)9-13)23-18(26)11-27-19-24-22-12-25(19)16-8-4-7-15(21)10-16/h3-10,12,17H,2,11H2,1H3,(H,23,26). The van der Waals surface area contributed by atoms with Crippen LogP contribution in [0.1, 0.15) is 24.9 Å². The van der Waals surface area contributed by atoms with Crippen LogP contribution in [0.5, 0.6) is 0 Å². The van der Waals surface area contributed by atoms with Gasteiger partial charge >= 0.3 is 0 Å². The highest BCUT2D eigenvalue weighted by molar-refractivity contribution is 7.99. The number of hydrogen-bond donors (Lipinski definition) is 1. The lowest BCUT2D eigenvalue weighted by Gasteiger charge is -2.17. The number of carbonyl (C=O) groups is 1. The molecule has 1 unspecified atom stereocenters. The molecule has 3 aromatic rings. The lowest BCUT2D eigenvalue weighted by atomic mass is 10.0. The van der Waals surface area contributed by atoms with Crippen molar-refractivity contribution < 1.29 is 4.79 Å². The summed E-state index contributed by atoms with van der Waals surface area (Å²) in [7, 11) is 0. The molecule has 1 N–H and O–H groups in total. The van der Waals surface area contributed by atoms with Crippen LogP contribution in [0.25, 0.3) is 5.69 Å². The van der Waals surface area contributed by atoms with E-state index in [1.165, 1.54) is 11.8 Å². The Morgan fingerprint density at radius 3 is 2.63 bits per heavy atom. The molecule has 0 aliphatic heterocycles. The van der Waals surface area contributed by atoms with Crippen molar-refractivity contribution in [1.29, 1.82) is 0 Å². The average Bonchev–Trinajstić information content (AvgIpc) is 3.13. The van der Waals surface area contributed by atoms with Crippen molar-refractivity contribution in [2.45, 2.75) is 24.5 Å². The maximum Gasteiger partial charge on any atom is 0.230 e. The molecule has 3 rings (SSSR count). The maximum atomic E-state index is 12.4. The van der Waals surface area contributed by atoms with Crippen LogP contribution < -0.4 is 5.32 Å². The number of thioether (sulfide) groups is 1. The largest absolute Gasteiger partial charge is 0.349 e. The summed E-state index contributed by atoms with van der Waals surface area (Å²) in [4.78, 5) is 12.4. The highest BCUT2D eigenvalue weighted by Crippen LogP contribution is 2.23. The summed E-state index contributed by atoms with van der Waals surface area (Å²) in [6, 6.07) is 14.8. The van der Waals surface area contributed by atoms with E-state index >= 15 is 0 Å². The molecule has 0 aliphatic carbocycles. The summed E-state index contributed by atoms with van der Waals surface area (Å²) in [5.74, 6) is 0.156. The predicted molar refractivity (Wildman–Crippen MR) is 110 cm³/mol. The summed E-state index contributed by atoms with van der Waals surface area (Å²) in [6.45, 7) is 2.02. The first-order valence-electron chi connectivity index (χ1n) is 8.40. The molecule has 1 aromatic heterocycles. The number of aromatic nitrogens is 3. The second kappa shape index (κ2) is 9.26. The van der Waals surface area contributed by atoms with Crippen molar-refractivity contribution >= 4 is 40.9 Å². The third-order valence-corrected chi connectivity index (χ3v) is 5.34. The molecule has 0 saturated carbocycles. The van der Waals surface area contributed by atoms with E-state index in [1.807, 2.05) is 49.4 Å². The van der Waals surface area contributed by atoms with E-state index in [0.717, 1.165) is 17.7 Å². The molecule has 1 atom stereocenters. The topological polar surface area (TPSA) is 59.8 Å². The summed E-state index contributed by atoms with van der Waals surface area (Å²) in [5.41, 5.74) is 1.84. The Morgan fingerprint density at radius 2 is 1.93 bits per heavy atom. The molecule has 2 aromatic carbocycles. The zero-order valence-electron chi connectivity index (χ0n) is 14.6. The first-order chi connectivity index (χ1) is 13.1. The van der Waals surface area contributed by atoms with Crippen molar-refractivity contribution in [2.75, 3.05) is 5.75 Å². The maximum absolute atomic E-state index is 12.4. The lowest BCUT2D eigenvalue weighted by molar-refractivity contribution is -0.119. The SMILES string of the molecule is CCC(NC(=O)CSc1nncn1-c1cccc(Cl)c1)c1cccc(Cl)c1. The van der Waals surface area contributed by atoms with Gasteiger partial charge in [0.1, 0.15) is 6.33 Å². The number of carbonyl (C=O) groups excluding carboxylic acids is 1. The highest BCUT2D eigenvalue weighted by atomic mass is 35.5. The zero-order chi connectivity index (χ0) is 19.2. The first kappa shape index (κ1) is 19.7. The fourth-order valence-electron chi connectivity index (χ4n) is 2.64. The van der Waals surface area contributed by atoms with Gasteiger partial charge in [-0.2, -0.15) is 0 Å². The van der Waals surface area contributed by atoms with Crippen molar-refractivity contribution in [3.05, 3.63) is 70.5 Å². The van der Waals surface area contributed by atoms with Crippen LogP contribution in [0.3, 0.4) is 0 Å². The second-order valence-corrected chi connectivity index (χ2v) is 7.65. The number of amides is 1. The molecule has 5 nitrogen and oxygen atoms in total. The average molecular weight is 421 g/mol. The van der Waals surface area contributed by atoms with Gasteiger partial charge in [-0.1, -0.05) is 60.1 Å². The van der Waals surface area contributed by atoms with Crippen molar-refractivity contribution in [2.24, 2.45) is 0 Å². The molecule has 1 heterocycles. The quantitative estimate of drug-likeness (QED) is 0.550. The molecule has 27 heavy (non-hydrogen) atoms. The van der Waals surface area contributed by atoms with Gasteiger partial charge in [0, 0.05) is 10.0 Å². The number of nitrogens with zero attached hydrogens (tertiary/aromatic N) is 3. The van der Waals surface area contributed by atoms with Gasteiger partial charge in [0.2, 0.25) is 5.91 Å². The van der Waals surface area contributed by atoms with Gasteiger partial charge in [0.15, 0.2) is 5.16 Å². The van der Waals surface area contributed by atoms with Crippen LogP contribution in [-0.2, 0) is 4.79 Å². The molecule has 0 fully saturated rings. The van der Waals surface area contributed by atoms with Crippen LogP contribution in [0.15, 0.2) is 60.0 Å². The Kier molecular flexibility index (Phi) is 6.77. The monoisotopic (exact) mass is 420 g/mol. The van der Waals surface area contributed by atoms with Gasteiger partial charge in [-0.25, -0.2) is 0 Å². The van der Waals surface area contributed by atoms with Crippen LogP contribution >= 0.6 is 35.0 Å². The van der Waals surface area contributed by atoms with Gasteiger partial charge in [-0.3, -0.25) is 9.36 Å². The Balaban J connectivity index is 1.64. The Hall–Kier alpha value is -2.02. The Bertz CT molecular complexity index is 931. The fourth-order valence-corrected chi connectivity index (χ4v) is 3.76. The molecule has 140 valence electrons. The van der Waals surface area contributed by atoms with E-state index in [4.69, 9.17) is 23.2 Å². The third-order valence-electron chi connectivity index (χ3n) is 3.93. The summed E-state index contributed by atoms with van der Waals surface area (Å²) in [5, 5.41) is 13.0. The zero-order valence-corrected chi connectivity index (χ0v) is 16.9. The van der Waals surface area contributed by atoms with E-state index in [0.29, 0.717) is 15.2 Å². The van der Waals surface area contributed by atoms with Crippen LogP contribution in [0.4, 0.5) is 0 Å². The minimum atomic E-state index is -0.0809. The summed E-state index contributed by atoms with van der Waals surface area (Å²) >= 11 is 13.4. The molecular weight excluding hydrogens is 403 g/mol. The van der Waals surface area contributed by atoms with Gasteiger partial charge in [-0.05, 0) is 42.3 Å². The molecule has 0 spiro atoms. The molecule has 0 bridgehead atoms. The second-order valence-electron chi connectivity index (χ2n) is 5.84. The third kappa shape index (κ3) is 5.25. The minimum Gasteiger partial charge on any atom is -0.349 e. The van der Waals surface area contributed by atoms with E-state index in [-0.39, 0.29) is 17.7 Å². The number of hydrogen-bond acceptors (Lipinski definition) is 4. The van der Waals surface area contributed by atoms with Crippen molar-refractivity contribution in [3.8, 4) is 5.69 Å². The lowest BCUT2D eigenvalue weighted by Crippen LogP contribution is -2.29. The molecule has 1 amide bonds. The molecule has 0 radical (unpaired) electrons. The van der Waals surface area contributed by atoms with E-state index in [2.05, 4.69) is 15.5 Å². The first-order valence-corrected chi connectivity index (χ1v) is 10.1. The molecular formula is C19H18Cl2N4OS. The fraction of sp³-hybridized carbons (Fsp3) is 0.211. The van der Waals surface area contributed by atoms with Gasteiger partial charge in [-0.15, -0.1) is 10.2 Å². The Labute approximate surface area is 172 Å². The smallest absolute Gasteiger partial charge is 0.230 e. The van der Waals surface area contributed by atoms with Crippen LogP contribution in [0, 0.1) is 0 Å². The predicted octanol–water partition coefficient (Wildman–Crippen LogP) is 4.93. The Morgan fingerprint density at radius 1 is 1.19 bits per heavy atom. The van der Waals surface area contributed by atoms with Crippen molar-refractivity contribution in [1.82, 2.24) is 20.1 Å². The van der Waals surface area contributed by atoms with Gasteiger partial charge in [0.05, 0.1) is 17.5 Å². The van der Waals surface area contributed by atoms with Crippen LogP contribution in [0.2, 0.25) is 10.0 Å². The van der Waals surface area contributed by atoms with Gasteiger partial charge < -0.3 is 5.32 Å². The number of rotatable bonds is 7. The molecule has 8 heteroatoms. The highest BCUT2D eigenvalue weighted by Gasteiger charge is 2.15. The van der Waals surface area contributed by atoms with E-state index in [1.54, 1.807) is 17.0 Å². The van der Waals surface area contributed by atoms with E-state index < -0.39 is 0 Å². The van der Waals surface area contributed by atoms with Crippen molar-refractivity contribution in [3.63, 3.8) is 0 Å². The summed E-state index contributed by atoms with van der Waals surface area (Å²) in [6.07, 6.45) is 2.38.